The number of amides is 1. The highest BCUT2D eigenvalue weighted by Gasteiger charge is 2.13. The maximum absolute atomic E-state index is 13.0. The van der Waals surface area contributed by atoms with E-state index in [1.807, 2.05) is 24.3 Å². The fraction of sp³-hybridized carbons (Fsp3) is 0.250. The van der Waals surface area contributed by atoms with Crippen LogP contribution in [0.4, 0.5) is 5.69 Å². The molecule has 0 atom stereocenters. The van der Waals surface area contributed by atoms with Crippen molar-refractivity contribution in [1.29, 1.82) is 0 Å². The Hall–Kier alpha value is -3.74. The Labute approximate surface area is 180 Å². The number of anilines is 1. The fourth-order valence-electron chi connectivity index (χ4n) is 3.09. The first-order valence-corrected chi connectivity index (χ1v) is 10.1. The Balaban J connectivity index is 1.89. The van der Waals surface area contributed by atoms with Gasteiger partial charge in [-0.3, -0.25) is 19.4 Å². The lowest BCUT2D eigenvalue weighted by atomic mass is 9.95. The highest BCUT2D eigenvalue weighted by Crippen LogP contribution is 2.26. The molecule has 0 bridgehead atoms. The largest absolute Gasteiger partial charge is 0.465 e. The summed E-state index contributed by atoms with van der Waals surface area (Å²) >= 11 is 0. The predicted molar refractivity (Wildman–Crippen MR) is 119 cm³/mol. The fourth-order valence-corrected chi connectivity index (χ4v) is 3.09. The molecule has 0 saturated heterocycles. The molecule has 0 fully saturated rings. The van der Waals surface area contributed by atoms with Crippen LogP contribution < -0.4 is 10.9 Å². The predicted octanol–water partition coefficient (Wildman–Crippen LogP) is 3.85. The minimum Gasteiger partial charge on any atom is -0.465 e. The number of ether oxygens (including phenoxy) is 1. The van der Waals surface area contributed by atoms with Gasteiger partial charge in [-0.1, -0.05) is 26.0 Å². The summed E-state index contributed by atoms with van der Waals surface area (Å²) < 4.78 is 6.10. The van der Waals surface area contributed by atoms with E-state index in [1.165, 1.54) is 22.9 Å². The number of nitrogens with one attached hydrogen (secondary N) is 1. The molecule has 0 aliphatic carbocycles. The number of nitrogens with zero attached hydrogens (tertiary/aromatic N) is 2. The number of aromatic nitrogens is 2. The first-order valence-electron chi connectivity index (χ1n) is 10.1. The number of esters is 1. The molecule has 0 saturated carbocycles. The van der Waals surface area contributed by atoms with Crippen LogP contribution in [0.15, 0.2) is 65.8 Å². The van der Waals surface area contributed by atoms with Crippen LogP contribution in [0.25, 0.3) is 11.1 Å². The molecule has 1 N–H and O–H groups in total. The highest BCUT2D eigenvalue weighted by atomic mass is 16.5. The average molecular weight is 419 g/mol. The Morgan fingerprint density at radius 2 is 1.94 bits per heavy atom. The van der Waals surface area contributed by atoms with Crippen molar-refractivity contribution in [1.82, 2.24) is 9.55 Å². The van der Waals surface area contributed by atoms with E-state index in [1.54, 1.807) is 19.3 Å². The normalized spacial score (nSPS) is 10.7. The average Bonchev–Trinajstić information content (AvgIpc) is 2.76. The van der Waals surface area contributed by atoms with E-state index in [-0.39, 0.29) is 30.5 Å². The van der Waals surface area contributed by atoms with Crippen LogP contribution in [0.1, 0.15) is 42.6 Å². The topological polar surface area (TPSA) is 90.3 Å². The molecule has 1 amide bonds. The number of pyridine rings is 2. The molecule has 160 valence electrons. The summed E-state index contributed by atoms with van der Waals surface area (Å²) in [4.78, 5) is 40.9. The second-order valence-corrected chi connectivity index (χ2v) is 7.38. The molecule has 0 radical (unpaired) electrons. The van der Waals surface area contributed by atoms with Gasteiger partial charge < -0.3 is 14.6 Å². The Kier molecular flexibility index (Phi) is 6.97. The lowest BCUT2D eigenvalue weighted by molar-refractivity contribution is -0.143. The smallest absolute Gasteiger partial charge is 0.326 e. The van der Waals surface area contributed by atoms with Gasteiger partial charge in [0.05, 0.1) is 12.3 Å². The quantitative estimate of drug-likeness (QED) is 0.588. The van der Waals surface area contributed by atoms with Gasteiger partial charge in [0.25, 0.3) is 11.5 Å². The Morgan fingerprint density at radius 3 is 2.61 bits per heavy atom. The molecule has 1 aromatic carbocycles. The van der Waals surface area contributed by atoms with Crippen molar-refractivity contribution in [2.75, 3.05) is 11.9 Å². The third-order valence-electron chi connectivity index (χ3n) is 4.73. The van der Waals surface area contributed by atoms with E-state index >= 15 is 0 Å². The minimum absolute atomic E-state index is 0.218. The second kappa shape index (κ2) is 9.84. The van der Waals surface area contributed by atoms with Gasteiger partial charge in [-0.05, 0) is 48.2 Å². The Morgan fingerprint density at radius 1 is 1.13 bits per heavy atom. The first-order chi connectivity index (χ1) is 14.9. The number of hydrogen-bond acceptors (Lipinski definition) is 5. The van der Waals surface area contributed by atoms with Gasteiger partial charge in [-0.25, -0.2) is 0 Å². The van der Waals surface area contributed by atoms with E-state index in [0.717, 1.165) is 16.7 Å². The van der Waals surface area contributed by atoms with E-state index < -0.39 is 5.97 Å². The van der Waals surface area contributed by atoms with E-state index in [4.69, 9.17) is 4.74 Å². The number of benzene rings is 1. The van der Waals surface area contributed by atoms with Crippen LogP contribution in [0, 0.1) is 0 Å². The molecule has 31 heavy (non-hydrogen) atoms. The van der Waals surface area contributed by atoms with Crippen LogP contribution in [-0.2, 0) is 16.1 Å². The summed E-state index contributed by atoms with van der Waals surface area (Å²) in [7, 11) is 0. The van der Waals surface area contributed by atoms with Crippen molar-refractivity contribution < 1.29 is 14.3 Å². The molecule has 0 aliphatic rings. The summed E-state index contributed by atoms with van der Waals surface area (Å²) in [6.45, 7) is 5.84. The summed E-state index contributed by atoms with van der Waals surface area (Å²) in [5, 5.41) is 2.81. The lowest BCUT2D eigenvalue weighted by Crippen LogP contribution is -2.25. The zero-order valence-electron chi connectivity index (χ0n) is 17.8. The molecule has 7 heteroatoms. The number of rotatable bonds is 7. The van der Waals surface area contributed by atoms with Crippen LogP contribution in [0.2, 0.25) is 0 Å². The molecular weight excluding hydrogens is 394 g/mol. The van der Waals surface area contributed by atoms with Gasteiger partial charge in [-0.15, -0.1) is 0 Å². The van der Waals surface area contributed by atoms with Crippen LogP contribution in [0.3, 0.4) is 0 Å². The third-order valence-corrected chi connectivity index (χ3v) is 4.73. The maximum atomic E-state index is 13.0. The number of carbonyl (C=O) groups is 2. The van der Waals surface area contributed by atoms with Gasteiger partial charge >= 0.3 is 5.97 Å². The summed E-state index contributed by atoms with van der Waals surface area (Å²) in [5.41, 5.74) is 3.39. The van der Waals surface area contributed by atoms with E-state index in [9.17, 15) is 14.4 Å². The molecular formula is C24H25N3O4. The van der Waals surface area contributed by atoms with Gasteiger partial charge in [0.15, 0.2) is 0 Å². The zero-order valence-corrected chi connectivity index (χ0v) is 17.8. The SMILES string of the molecule is CCOC(=O)Cn1cc(NC(=O)c2cc(-c3cccnc3)cc(C(C)C)c2)ccc1=O. The third kappa shape index (κ3) is 5.66. The van der Waals surface area contributed by atoms with Crippen LogP contribution in [-0.4, -0.2) is 28.0 Å². The maximum Gasteiger partial charge on any atom is 0.326 e. The van der Waals surface area contributed by atoms with Crippen molar-refractivity contribution in [3.05, 3.63) is 82.5 Å². The molecule has 2 heterocycles. The summed E-state index contributed by atoms with van der Waals surface area (Å²) in [6.07, 6.45) is 4.90. The molecule has 0 spiro atoms. The van der Waals surface area contributed by atoms with Gasteiger partial charge in [0.1, 0.15) is 6.54 Å². The molecule has 0 unspecified atom stereocenters. The second-order valence-electron chi connectivity index (χ2n) is 7.38. The van der Waals surface area contributed by atoms with Crippen molar-refractivity contribution in [2.45, 2.75) is 33.2 Å². The lowest BCUT2D eigenvalue weighted by Gasteiger charge is -2.13. The Bertz CT molecular complexity index is 1140. The first kappa shape index (κ1) is 22.0. The van der Waals surface area contributed by atoms with Crippen molar-refractivity contribution in [2.24, 2.45) is 0 Å². The number of hydrogen-bond donors (Lipinski definition) is 1. The monoisotopic (exact) mass is 419 g/mol. The molecule has 3 aromatic rings. The van der Waals surface area contributed by atoms with Crippen molar-refractivity contribution in [3.63, 3.8) is 0 Å². The summed E-state index contributed by atoms with van der Waals surface area (Å²) in [5.74, 6) is -0.595. The minimum atomic E-state index is -0.515. The highest BCUT2D eigenvalue weighted by molar-refractivity contribution is 6.05. The van der Waals surface area contributed by atoms with Crippen LogP contribution in [0.5, 0.6) is 0 Å². The molecule has 7 nitrogen and oxygen atoms in total. The van der Waals surface area contributed by atoms with E-state index in [0.29, 0.717) is 11.3 Å². The van der Waals surface area contributed by atoms with Crippen LogP contribution >= 0.6 is 0 Å². The number of carbonyl (C=O) groups excluding carboxylic acids is 2. The van der Waals surface area contributed by atoms with Gasteiger partial charge in [-0.2, -0.15) is 0 Å². The zero-order chi connectivity index (χ0) is 22.4. The van der Waals surface area contributed by atoms with Crippen molar-refractivity contribution in [3.8, 4) is 11.1 Å². The standard InChI is InChI=1S/C24H25N3O4/c1-4-31-23(29)15-27-14-21(7-8-22(27)28)26-24(30)20-11-18(16(2)3)10-19(12-20)17-6-5-9-25-13-17/h5-14,16H,4,15H2,1-3H3,(H,26,30). The molecule has 2 aromatic heterocycles. The van der Waals surface area contributed by atoms with Gasteiger partial charge in [0.2, 0.25) is 0 Å². The summed E-state index contributed by atoms with van der Waals surface area (Å²) in [6, 6.07) is 12.3. The van der Waals surface area contributed by atoms with Crippen molar-refractivity contribution >= 4 is 17.6 Å². The molecule has 0 aliphatic heterocycles. The van der Waals surface area contributed by atoms with Gasteiger partial charge in [0, 0.05) is 35.8 Å². The van der Waals surface area contributed by atoms with E-state index in [2.05, 4.69) is 30.2 Å². The molecule has 3 rings (SSSR count).